The van der Waals surface area contributed by atoms with Crippen molar-refractivity contribution < 1.29 is 14.4 Å². The van der Waals surface area contributed by atoms with Crippen LogP contribution in [0.4, 0.5) is 22.0 Å². The summed E-state index contributed by atoms with van der Waals surface area (Å²) in [7, 11) is 1.72. The predicted molar refractivity (Wildman–Crippen MR) is 131 cm³/mol. The number of likely N-dealkylation sites (tertiary alicyclic amines) is 1. The number of aromatic nitrogens is 1. The zero-order valence-electron chi connectivity index (χ0n) is 19.5. The number of likely N-dealkylation sites (N-methyl/N-ethyl adjacent to an activating group) is 1. The first kappa shape index (κ1) is 24.0. The molecule has 0 unspecified atom stereocenters. The second-order valence-electron chi connectivity index (χ2n) is 8.62. The van der Waals surface area contributed by atoms with Gasteiger partial charge in [-0.3, -0.25) is 14.5 Å². The molecule has 9 nitrogen and oxygen atoms in total. The number of anilines is 3. The van der Waals surface area contributed by atoms with Crippen molar-refractivity contribution in [3.05, 3.63) is 47.1 Å². The fraction of sp³-hybridized carbons (Fsp3) is 0.417. The number of hydrogen-bond acceptors (Lipinski definition) is 5. The molecule has 180 valence electrons. The van der Waals surface area contributed by atoms with Crippen molar-refractivity contribution in [1.82, 2.24) is 20.1 Å². The second kappa shape index (κ2) is 9.99. The number of benzene rings is 1. The van der Waals surface area contributed by atoms with Gasteiger partial charge in [0.25, 0.3) is 0 Å². The van der Waals surface area contributed by atoms with Crippen molar-refractivity contribution in [2.75, 3.05) is 30.4 Å². The Morgan fingerprint density at radius 1 is 1.18 bits per heavy atom. The highest BCUT2D eigenvalue weighted by Gasteiger charge is 2.38. The molecular weight excluding hydrogens is 456 g/mol. The lowest BCUT2D eigenvalue weighted by atomic mass is 10.0. The minimum atomic E-state index is -0.370. The molecule has 10 heteroatoms. The number of pyridine rings is 1. The van der Waals surface area contributed by atoms with Crippen LogP contribution in [0, 0.1) is 0 Å². The highest BCUT2D eigenvalue weighted by molar-refractivity contribution is 6.31. The summed E-state index contributed by atoms with van der Waals surface area (Å²) >= 11 is 6.24. The molecule has 1 fully saturated rings. The van der Waals surface area contributed by atoms with E-state index in [9.17, 15) is 14.4 Å². The summed E-state index contributed by atoms with van der Waals surface area (Å²) in [6, 6.07) is 10.1. The second-order valence-corrected chi connectivity index (χ2v) is 9.06. The molecule has 0 radical (unpaired) electrons. The molecule has 2 aliphatic rings. The summed E-state index contributed by atoms with van der Waals surface area (Å²) in [5.74, 6) is 0.284. The van der Waals surface area contributed by atoms with Crippen LogP contribution in [0.3, 0.4) is 0 Å². The van der Waals surface area contributed by atoms with Crippen molar-refractivity contribution >= 4 is 46.6 Å². The average Bonchev–Trinajstić information content (AvgIpc) is 2.83. The third-order valence-electron chi connectivity index (χ3n) is 6.44. The van der Waals surface area contributed by atoms with Crippen LogP contribution in [0.25, 0.3) is 0 Å². The van der Waals surface area contributed by atoms with Gasteiger partial charge in [-0.1, -0.05) is 17.7 Å². The maximum atomic E-state index is 13.7. The van der Waals surface area contributed by atoms with Crippen LogP contribution in [0.15, 0.2) is 36.4 Å². The molecule has 0 bridgehead atoms. The normalized spacial score (nSPS) is 17.4. The number of urea groups is 1. The molecule has 34 heavy (non-hydrogen) atoms. The number of amides is 4. The van der Waals surface area contributed by atoms with Gasteiger partial charge in [0.15, 0.2) is 0 Å². The summed E-state index contributed by atoms with van der Waals surface area (Å²) in [4.78, 5) is 47.8. The van der Waals surface area contributed by atoms with Crippen LogP contribution in [-0.2, 0) is 16.1 Å². The van der Waals surface area contributed by atoms with Gasteiger partial charge >= 0.3 is 6.03 Å². The lowest BCUT2D eigenvalue weighted by Gasteiger charge is -2.43. The third kappa shape index (κ3) is 4.85. The summed E-state index contributed by atoms with van der Waals surface area (Å²) in [6.45, 7) is 4.88. The Balaban J connectivity index is 1.68. The highest BCUT2D eigenvalue weighted by atomic mass is 35.5. The Morgan fingerprint density at radius 2 is 1.91 bits per heavy atom. The number of carbonyl (C=O) groups is 3. The van der Waals surface area contributed by atoms with E-state index in [0.29, 0.717) is 60.4 Å². The Morgan fingerprint density at radius 3 is 2.56 bits per heavy atom. The van der Waals surface area contributed by atoms with Gasteiger partial charge in [0.2, 0.25) is 11.8 Å². The zero-order chi connectivity index (χ0) is 24.4. The largest absolute Gasteiger partial charge is 0.343 e. The van der Waals surface area contributed by atoms with Crippen LogP contribution < -0.4 is 15.5 Å². The van der Waals surface area contributed by atoms with E-state index >= 15 is 0 Å². The van der Waals surface area contributed by atoms with Gasteiger partial charge in [0.05, 0.1) is 29.7 Å². The fourth-order valence-corrected chi connectivity index (χ4v) is 4.54. The first-order valence-corrected chi connectivity index (χ1v) is 11.8. The summed E-state index contributed by atoms with van der Waals surface area (Å²) in [5.41, 5.74) is 1.99. The van der Waals surface area contributed by atoms with Gasteiger partial charge in [-0.2, -0.15) is 0 Å². The number of halogens is 1. The molecule has 2 aliphatic heterocycles. The first-order valence-electron chi connectivity index (χ1n) is 11.4. The van der Waals surface area contributed by atoms with E-state index in [0.717, 1.165) is 0 Å². The van der Waals surface area contributed by atoms with Crippen molar-refractivity contribution in [3.8, 4) is 0 Å². The van der Waals surface area contributed by atoms with E-state index in [1.807, 2.05) is 15.9 Å². The SMILES string of the molecule is CN[C@@H](C)C(=O)Nc1ccc2c(n1)CN(C1CCN(C(C)=O)CC1)C(=O)N2c1cccc(Cl)c1. The lowest BCUT2D eigenvalue weighted by molar-refractivity contribution is -0.130. The van der Waals surface area contributed by atoms with Gasteiger partial charge in [0.1, 0.15) is 5.82 Å². The summed E-state index contributed by atoms with van der Waals surface area (Å²) in [5, 5.41) is 6.26. The molecule has 1 aromatic carbocycles. The Labute approximate surface area is 204 Å². The Hall–Kier alpha value is -3.17. The number of nitrogens with one attached hydrogen (secondary N) is 2. The van der Waals surface area contributed by atoms with Gasteiger partial charge in [0, 0.05) is 31.1 Å². The quantitative estimate of drug-likeness (QED) is 0.678. The Kier molecular flexibility index (Phi) is 7.04. The molecular formula is C24H29ClN6O3. The van der Waals surface area contributed by atoms with Crippen molar-refractivity contribution in [3.63, 3.8) is 0 Å². The van der Waals surface area contributed by atoms with Crippen LogP contribution >= 0.6 is 11.6 Å². The van der Waals surface area contributed by atoms with E-state index < -0.39 is 0 Å². The lowest BCUT2D eigenvalue weighted by Crippen LogP contribution is -2.53. The number of hydrogen-bond donors (Lipinski definition) is 2. The van der Waals surface area contributed by atoms with E-state index in [1.165, 1.54) is 0 Å². The smallest absolute Gasteiger partial charge is 0.329 e. The van der Waals surface area contributed by atoms with Crippen LogP contribution in [0.1, 0.15) is 32.4 Å². The highest BCUT2D eigenvalue weighted by Crippen LogP contribution is 2.37. The number of piperidine rings is 1. The van der Waals surface area contributed by atoms with E-state index in [4.69, 9.17) is 16.6 Å². The van der Waals surface area contributed by atoms with Gasteiger partial charge < -0.3 is 20.4 Å². The molecule has 3 heterocycles. The summed E-state index contributed by atoms with van der Waals surface area (Å²) < 4.78 is 0. The molecule has 0 spiro atoms. The molecule has 1 saturated heterocycles. The van der Waals surface area contributed by atoms with E-state index in [1.54, 1.807) is 56.1 Å². The van der Waals surface area contributed by atoms with Crippen molar-refractivity contribution in [2.24, 2.45) is 0 Å². The molecule has 4 rings (SSSR count). The van der Waals surface area contributed by atoms with Crippen LogP contribution in [0.2, 0.25) is 5.02 Å². The standard InChI is InChI=1S/C24H29ClN6O3/c1-15(26-3)23(33)28-22-8-7-21-20(27-22)14-30(18-9-11-29(12-10-18)16(2)32)24(34)31(21)19-6-4-5-17(25)13-19/h4-8,13,15,18,26H,9-12,14H2,1-3H3,(H,27,28,33)/t15-/m0/s1. The predicted octanol–water partition coefficient (Wildman–Crippen LogP) is 3.37. The van der Waals surface area contributed by atoms with Crippen molar-refractivity contribution in [1.29, 1.82) is 0 Å². The van der Waals surface area contributed by atoms with E-state index in [-0.39, 0.29) is 29.9 Å². The third-order valence-corrected chi connectivity index (χ3v) is 6.68. The zero-order valence-corrected chi connectivity index (χ0v) is 20.3. The van der Waals surface area contributed by atoms with Gasteiger partial charge in [-0.25, -0.2) is 9.78 Å². The topological polar surface area (TPSA) is 97.9 Å². The van der Waals surface area contributed by atoms with Crippen molar-refractivity contribution in [2.45, 2.75) is 45.3 Å². The molecule has 1 aromatic heterocycles. The number of nitrogens with zero attached hydrogens (tertiary/aromatic N) is 4. The maximum Gasteiger partial charge on any atom is 0.329 e. The first-order chi connectivity index (χ1) is 16.3. The summed E-state index contributed by atoms with van der Waals surface area (Å²) in [6.07, 6.45) is 1.39. The fourth-order valence-electron chi connectivity index (χ4n) is 4.35. The number of carbonyl (C=O) groups excluding carboxylic acids is 3. The molecule has 0 aliphatic carbocycles. The molecule has 2 N–H and O–H groups in total. The molecule has 0 saturated carbocycles. The van der Waals surface area contributed by atoms with Crippen LogP contribution in [-0.4, -0.2) is 64.9 Å². The minimum Gasteiger partial charge on any atom is -0.343 e. The average molecular weight is 485 g/mol. The minimum absolute atomic E-state index is 0.0257. The van der Waals surface area contributed by atoms with Gasteiger partial charge in [-0.05, 0) is 57.1 Å². The Bertz CT molecular complexity index is 1100. The van der Waals surface area contributed by atoms with E-state index in [2.05, 4.69) is 10.6 Å². The monoisotopic (exact) mass is 484 g/mol. The molecule has 2 aromatic rings. The maximum absolute atomic E-state index is 13.7. The number of fused-ring (bicyclic) bond motifs is 1. The molecule has 4 amide bonds. The molecule has 1 atom stereocenters. The van der Waals surface area contributed by atoms with Gasteiger partial charge in [-0.15, -0.1) is 0 Å². The number of rotatable bonds is 5. The van der Waals surface area contributed by atoms with Crippen LogP contribution in [0.5, 0.6) is 0 Å².